The second-order valence-corrected chi connectivity index (χ2v) is 4.18. The van der Waals surface area contributed by atoms with Crippen molar-refractivity contribution in [2.45, 2.75) is 51.5 Å². The predicted molar refractivity (Wildman–Crippen MR) is 57.0 cm³/mol. The molecule has 0 aliphatic carbocycles. The van der Waals surface area contributed by atoms with Crippen molar-refractivity contribution in [1.82, 2.24) is 16.2 Å². The smallest absolute Gasteiger partial charge is 0.275 e. The highest BCUT2D eigenvalue weighted by molar-refractivity contribution is 6.01. The number of hydrogen-bond acceptors (Lipinski definition) is 3. The zero-order chi connectivity index (χ0) is 11.3. The van der Waals surface area contributed by atoms with E-state index in [1.54, 1.807) is 6.92 Å². The summed E-state index contributed by atoms with van der Waals surface area (Å²) in [7, 11) is 0. The first-order chi connectivity index (χ1) is 7.08. The minimum absolute atomic E-state index is 0.247. The third kappa shape index (κ3) is 3.20. The summed E-state index contributed by atoms with van der Waals surface area (Å²) in [6, 6.07) is -0.481. The van der Waals surface area contributed by atoms with Crippen LogP contribution >= 0.6 is 0 Å². The van der Waals surface area contributed by atoms with Crippen molar-refractivity contribution in [3.63, 3.8) is 0 Å². The number of imide groups is 1. The molecule has 3 amide bonds. The zero-order valence-electron chi connectivity index (χ0n) is 9.35. The van der Waals surface area contributed by atoms with Crippen LogP contribution in [0.3, 0.4) is 0 Å². The molecular formula is C10H19N3O2. The van der Waals surface area contributed by atoms with Gasteiger partial charge in [-0.2, -0.15) is 0 Å². The number of rotatable bonds is 5. The molecule has 5 nitrogen and oxygen atoms in total. The molecule has 1 fully saturated rings. The third-order valence-electron chi connectivity index (χ3n) is 2.71. The van der Waals surface area contributed by atoms with Gasteiger partial charge in [0, 0.05) is 0 Å². The fourth-order valence-corrected chi connectivity index (χ4v) is 1.61. The molecule has 5 heteroatoms. The maximum absolute atomic E-state index is 11.6. The normalized spacial score (nSPS) is 26.0. The molecule has 0 aromatic heterocycles. The first-order valence-corrected chi connectivity index (χ1v) is 5.47. The molecule has 1 heterocycles. The Hall–Kier alpha value is -1.10. The quantitative estimate of drug-likeness (QED) is 0.598. The van der Waals surface area contributed by atoms with Crippen LogP contribution in [0.15, 0.2) is 0 Å². The summed E-state index contributed by atoms with van der Waals surface area (Å²) < 4.78 is 0. The molecule has 86 valence electrons. The Balaban J connectivity index is 2.37. The number of nitrogens with one attached hydrogen (secondary N) is 3. The molecule has 1 rings (SSSR count). The van der Waals surface area contributed by atoms with Gasteiger partial charge in [0.25, 0.3) is 0 Å². The van der Waals surface area contributed by atoms with E-state index in [9.17, 15) is 9.59 Å². The van der Waals surface area contributed by atoms with E-state index in [-0.39, 0.29) is 5.91 Å². The molecule has 15 heavy (non-hydrogen) atoms. The minimum Gasteiger partial charge on any atom is -0.275 e. The van der Waals surface area contributed by atoms with Gasteiger partial charge in [0.05, 0.1) is 0 Å². The summed E-state index contributed by atoms with van der Waals surface area (Å²) in [6.45, 7) is 3.95. The fraction of sp³-hybridized carbons (Fsp3) is 0.800. The third-order valence-corrected chi connectivity index (χ3v) is 2.71. The number of hydrogen-bond donors (Lipinski definition) is 3. The summed E-state index contributed by atoms with van der Waals surface area (Å²) in [5.74, 6) is -0.247. The van der Waals surface area contributed by atoms with Gasteiger partial charge in [-0.1, -0.05) is 32.6 Å². The Morgan fingerprint density at radius 1 is 1.20 bits per heavy atom. The highest BCUT2D eigenvalue weighted by Crippen LogP contribution is 2.16. The van der Waals surface area contributed by atoms with Gasteiger partial charge < -0.3 is 0 Å². The Labute approximate surface area is 90.0 Å². The van der Waals surface area contributed by atoms with Gasteiger partial charge in [-0.05, 0) is 13.3 Å². The van der Waals surface area contributed by atoms with E-state index in [2.05, 4.69) is 23.1 Å². The molecule has 1 atom stereocenters. The lowest BCUT2D eigenvalue weighted by Gasteiger charge is -2.33. The standard InChI is InChI=1S/C10H19N3O2/c1-3-4-5-6-7-10(2)8(14)11-9(15)12-13-10/h13H,3-7H2,1-2H3,(H2,11,12,14,15). The maximum Gasteiger partial charge on any atom is 0.335 e. The highest BCUT2D eigenvalue weighted by atomic mass is 16.2. The van der Waals surface area contributed by atoms with Crippen LogP contribution in [0.25, 0.3) is 0 Å². The number of hydrazine groups is 1. The van der Waals surface area contributed by atoms with Gasteiger partial charge in [0.1, 0.15) is 5.54 Å². The van der Waals surface area contributed by atoms with Crippen LogP contribution in [0.4, 0.5) is 4.79 Å². The van der Waals surface area contributed by atoms with E-state index >= 15 is 0 Å². The molecule has 0 aromatic carbocycles. The molecule has 1 unspecified atom stereocenters. The van der Waals surface area contributed by atoms with Crippen molar-refractivity contribution in [2.24, 2.45) is 0 Å². The predicted octanol–water partition coefficient (Wildman–Crippen LogP) is 1.06. The van der Waals surface area contributed by atoms with Gasteiger partial charge in [-0.15, -0.1) is 0 Å². The summed E-state index contributed by atoms with van der Waals surface area (Å²) in [5.41, 5.74) is 4.52. The Morgan fingerprint density at radius 2 is 1.93 bits per heavy atom. The van der Waals surface area contributed by atoms with E-state index < -0.39 is 11.6 Å². The Bertz CT molecular complexity index is 255. The zero-order valence-corrected chi connectivity index (χ0v) is 9.35. The average Bonchev–Trinajstić information content (AvgIpc) is 2.20. The van der Waals surface area contributed by atoms with Crippen LogP contribution in [0, 0.1) is 0 Å². The van der Waals surface area contributed by atoms with Gasteiger partial charge in [0.2, 0.25) is 5.91 Å². The van der Waals surface area contributed by atoms with Crippen molar-refractivity contribution in [3.05, 3.63) is 0 Å². The summed E-state index contributed by atoms with van der Waals surface area (Å²) in [4.78, 5) is 22.4. The number of amides is 3. The SMILES string of the molecule is CCCCCCC1(C)NNC(=O)NC1=O. The lowest BCUT2D eigenvalue weighted by molar-refractivity contribution is -0.127. The van der Waals surface area contributed by atoms with Crippen molar-refractivity contribution in [1.29, 1.82) is 0 Å². The summed E-state index contributed by atoms with van der Waals surface area (Å²) >= 11 is 0. The maximum atomic E-state index is 11.6. The number of carbonyl (C=O) groups excluding carboxylic acids is 2. The number of unbranched alkanes of at least 4 members (excludes halogenated alkanes) is 3. The second kappa shape index (κ2) is 5.11. The summed E-state index contributed by atoms with van der Waals surface area (Å²) in [6.07, 6.45) is 5.20. The molecule has 0 saturated carbocycles. The van der Waals surface area contributed by atoms with Crippen LogP contribution in [-0.2, 0) is 4.79 Å². The van der Waals surface area contributed by atoms with Crippen LogP contribution in [0.2, 0.25) is 0 Å². The van der Waals surface area contributed by atoms with Crippen molar-refractivity contribution in [3.8, 4) is 0 Å². The van der Waals surface area contributed by atoms with Gasteiger partial charge >= 0.3 is 6.03 Å². The van der Waals surface area contributed by atoms with Gasteiger partial charge in [-0.3, -0.25) is 15.5 Å². The molecule has 1 saturated heterocycles. The molecule has 0 aromatic rings. The lowest BCUT2D eigenvalue weighted by Crippen LogP contribution is -2.69. The molecule has 1 aliphatic heterocycles. The van der Waals surface area contributed by atoms with E-state index in [0.717, 1.165) is 19.3 Å². The molecule has 0 radical (unpaired) electrons. The monoisotopic (exact) mass is 213 g/mol. The lowest BCUT2D eigenvalue weighted by atomic mass is 9.93. The van der Waals surface area contributed by atoms with E-state index in [1.165, 1.54) is 12.8 Å². The first-order valence-electron chi connectivity index (χ1n) is 5.47. The largest absolute Gasteiger partial charge is 0.335 e. The van der Waals surface area contributed by atoms with Crippen molar-refractivity contribution < 1.29 is 9.59 Å². The molecule has 3 N–H and O–H groups in total. The molecule has 0 bridgehead atoms. The van der Waals surface area contributed by atoms with Crippen molar-refractivity contribution in [2.75, 3.05) is 0 Å². The Morgan fingerprint density at radius 3 is 2.53 bits per heavy atom. The molecular weight excluding hydrogens is 194 g/mol. The van der Waals surface area contributed by atoms with E-state index in [0.29, 0.717) is 0 Å². The number of urea groups is 1. The topological polar surface area (TPSA) is 70.2 Å². The van der Waals surface area contributed by atoms with Gasteiger partial charge in [-0.25, -0.2) is 10.2 Å². The van der Waals surface area contributed by atoms with Crippen LogP contribution in [0.5, 0.6) is 0 Å². The van der Waals surface area contributed by atoms with E-state index in [1.807, 2.05) is 0 Å². The van der Waals surface area contributed by atoms with Crippen LogP contribution < -0.4 is 16.2 Å². The van der Waals surface area contributed by atoms with E-state index in [4.69, 9.17) is 0 Å². The molecule has 0 spiro atoms. The Kier molecular flexibility index (Phi) is 4.08. The van der Waals surface area contributed by atoms with Crippen LogP contribution in [0.1, 0.15) is 46.0 Å². The highest BCUT2D eigenvalue weighted by Gasteiger charge is 2.37. The minimum atomic E-state index is -0.665. The second-order valence-electron chi connectivity index (χ2n) is 4.18. The summed E-state index contributed by atoms with van der Waals surface area (Å²) in [5, 5.41) is 2.26. The number of carbonyl (C=O) groups is 2. The molecule has 1 aliphatic rings. The van der Waals surface area contributed by atoms with Gasteiger partial charge in [0.15, 0.2) is 0 Å². The first kappa shape index (κ1) is 12.0. The fourth-order valence-electron chi connectivity index (χ4n) is 1.61. The van der Waals surface area contributed by atoms with Crippen molar-refractivity contribution >= 4 is 11.9 Å². The van der Waals surface area contributed by atoms with Crippen LogP contribution in [-0.4, -0.2) is 17.5 Å². The average molecular weight is 213 g/mol.